The Bertz CT molecular complexity index is 859. The molecule has 0 fully saturated rings. The summed E-state index contributed by atoms with van der Waals surface area (Å²) >= 11 is 3.43. The van der Waals surface area contributed by atoms with E-state index < -0.39 is 0 Å². The molecule has 1 unspecified atom stereocenters. The molecular weight excluding hydrogens is 390 g/mol. The van der Waals surface area contributed by atoms with Crippen LogP contribution in [-0.2, 0) is 0 Å². The zero-order valence-electron chi connectivity index (χ0n) is 14.8. The summed E-state index contributed by atoms with van der Waals surface area (Å²) in [5.41, 5.74) is 4.61. The van der Waals surface area contributed by atoms with E-state index in [0.717, 1.165) is 35.7 Å². The highest BCUT2D eigenvalue weighted by atomic mass is 79.9. The molecule has 0 aromatic heterocycles. The summed E-state index contributed by atoms with van der Waals surface area (Å²) in [7, 11) is 0. The van der Waals surface area contributed by atoms with Gasteiger partial charge >= 0.3 is 0 Å². The molecular formula is C22H22BrNO2. The van der Waals surface area contributed by atoms with Crippen molar-refractivity contribution in [2.45, 2.75) is 32.6 Å². The lowest BCUT2D eigenvalue weighted by Crippen LogP contribution is -2.06. The fraction of sp³-hybridized carbons (Fsp3) is 0.273. The third kappa shape index (κ3) is 4.50. The fourth-order valence-electron chi connectivity index (χ4n) is 3.49. The van der Waals surface area contributed by atoms with Crippen molar-refractivity contribution in [3.63, 3.8) is 0 Å². The lowest BCUT2D eigenvalue weighted by Gasteiger charge is -2.21. The Morgan fingerprint density at radius 1 is 1.31 bits per heavy atom. The second-order valence-electron chi connectivity index (χ2n) is 6.75. The lowest BCUT2D eigenvalue weighted by atomic mass is 9.84. The van der Waals surface area contributed by atoms with Crippen LogP contribution in [0.3, 0.4) is 0 Å². The van der Waals surface area contributed by atoms with Crippen LogP contribution in [-0.4, -0.2) is 4.92 Å². The highest BCUT2D eigenvalue weighted by molar-refractivity contribution is 9.10. The highest BCUT2D eigenvalue weighted by Gasteiger charge is 2.19. The van der Waals surface area contributed by atoms with Gasteiger partial charge in [-0.05, 0) is 50.3 Å². The van der Waals surface area contributed by atoms with Gasteiger partial charge in [-0.25, -0.2) is 0 Å². The molecule has 0 amide bonds. The largest absolute Gasteiger partial charge is 0.276 e. The zero-order chi connectivity index (χ0) is 18.5. The van der Waals surface area contributed by atoms with E-state index in [9.17, 15) is 10.1 Å². The average Bonchev–Trinajstić information content (AvgIpc) is 2.64. The molecule has 0 spiro atoms. The first-order valence-electron chi connectivity index (χ1n) is 8.87. The van der Waals surface area contributed by atoms with Crippen LogP contribution < -0.4 is 0 Å². The smallest absolute Gasteiger partial charge is 0.258 e. The van der Waals surface area contributed by atoms with Gasteiger partial charge in [-0.2, -0.15) is 0 Å². The van der Waals surface area contributed by atoms with Gasteiger partial charge in [0, 0.05) is 16.5 Å². The Morgan fingerprint density at radius 3 is 2.85 bits per heavy atom. The second kappa shape index (κ2) is 8.45. The van der Waals surface area contributed by atoms with Crippen molar-refractivity contribution in [1.29, 1.82) is 0 Å². The molecule has 1 aromatic rings. The molecule has 0 bridgehead atoms. The topological polar surface area (TPSA) is 43.1 Å². The van der Waals surface area contributed by atoms with Crippen molar-refractivity contribution in [3.05, 3.63) is 92.0 Å². The third-order valence-electron chi connectivity index (χ3n) is 4.88. The van der Waals surface area contributed by atoms with Crippen LogP contribution in [0.1, 0.15) is 38.2 Å². The fourth-order valence-corrected chi connectivity index (χ4v) is 3.85. The van der Waals surface area contributed by atoms with Crippen LogP contribution in [0.25, 0.3) is 5.57 Å². The minimum Gasteiger partial charge on any atom is -0.258 e. The van der Waals surface area contributed by atoms with Gasteiger partial charge in [0.15, 0.2) is 0 Å². The number of nitrogens with zero attached hydrogens (tertiary/aromatic N) is 1. The molecule has 1 atom stereocenters. The van der Waals surface area contributed by atoms with Gasteiger partial charge in [-0.15, -0.1) is 0 Å². The SMILES string of the molecule is C/C(=C\C1CC=CC=C1CC1=CC=CCC1)c1cc(Br)ccc1[N+](=O)[O-]. The van der Waals surface area contributed by atoms with Gasteiger partial charge in [0.05, 0.1) is 10.5 Å². The van der Waals surface area contributed by atoms with Crippen molar-refractivity contribution in [3.8, 4) is 0 Å². The molecule has 0 N–H and O–H groups in total. The molecule has 4 heteroatoms. The van der Waals surface area contributed by atoms with Gasteiger partial charge in [-0.1, -0.05) is 69.6 Å². The first-order valence-corrected chi connectivity index (χ1v) is 9.67. The minimum atomic E-state index is -0.310. The summed E-state index contributed by atoms with van der Waals surface area (Å²) < 4.78 is 0.851. The van der Waals surface area contributed by atoms with Gasteiger partial charge < -0.3 is 0 Å². The van der Waals surface area contributed by atoms with Crippen molar-refractivity contribution in [2.75, 3.05) is 0 Å². The van der Waals surface area contributed by atoms with E-state index in [-0.39, 0.29) is 16.5 Å². The van der Waals surface area contributed by atoms with Crippen LogP contribution >= 0.6 is 15.9 Å². The summed E-state index contributed by atoms with van der Waals surface area (Å²) in [4.78, 5) is 11.1. The maximum atomic E-state index is 11.4. The summed E-state index contributed by atoms with van der Waals surface area (Å²) in [5, 5.41) is 11.4. The number of hydrogen-bond acceptors (Lipinski definition) is 2. The maximum absolute atomic E-state index is 11.4. The summed E-state index contributed by atoms with van der Waals surface area (Å²) in [6.45, 7) is 1.97. The molecule has 2 aliphatic carbocycles. The zero-order valence-corrected chi connectivity index (χ0v) is 16.4. The van der Waals surface area contributed by atoms with Gasteiger partial charge in [0.1, 0.15) is 0 Å². The second-order valence-corrected chi connectivity index (χ2v) is 7.66. The van der Waals surface area contributed by atoms with E-state index in [0.29, 0.717) is 5.56 Å². The molecule has 134 valence electrons. The summed E-state index contributed by atoms with van der Waals surface area (Å²) in [6.07, 6.45) is 19.4. The van der Waals surface area contributed by atoms with Crippen LogP contribution in [0.4, 0.5) is 5.69 Å². The van der Waals surface area contributed by atoms with E-state index >= 15 is 0 Å². The molecule has 1 aromatic carbocycles. The Morgan fingerprint density at radius 2 is 2.12 bits per heavy atom. The molecule has 26 heavy (non-hydrogen) atoms. The number of nitro groups is 1. The Hall–Kier alpha value is -2.20. The van der Waals surface area contributed by atoms with E-state index in [1.165, 1.54) is 11.1 Å². The first kappa shape index (κ1) is 18.6. The van der Waals surface area contributed by atoms with Crippen molar-refractivity contribution < 1.29 is 4.92 Å². The van der Waals surface area contributed by atoms with E-state index in [2.05, 4.69) is 58.5 Å². The Kier molecular flexibility index (Phi) is 6.04. The highest BCUT2D eigenvalue weighted by Crippen LogP contribution is 2.34. The predicted molar refractivity (Wildman–Crippen MR) is 111 cm³/mol. The van der Waals surface area contributed by atoms with Crippen LogP contribution in [0.2, 0.25) is 0 Å². The van der Waals surface area contributed by atoms with Crippen LogP contribution in [0, 0.1) is 16.0 Å². The summed E-state index contributed by atoms with van der Waals surface area (Å²) in [6, 6.07) is 5.11. The van der Waals surface area contributed by atoms with Crippen molar-refractivity contribution in [1.82, 2.24) is 0 Å². The number of halogens is 1. The number of rotatable bonds is 5. The number of allylic oxidation sites excluding steroid dienone is 10. The van der Waals surface area contributed by atoms with Crippen molar-refractivity contribution in [2.24, 2.45) is 5.92 Å². The Labute approximate surface area is 162 Å². The molecule has 0 heterocycles. The van der Waals surface area contributed by atoms with E-state index in [4.69, 9.17) is 0 Å². The third-order valence-corrected chi connectivity index (χ3v) is 5.37. The minimum absolute atomic E-state index is 0.152. The molecule has 3 nitrogen and oxygen atoms in total. The number of benzene rings is 1. The molecule has 2 aliphatic rings. The van der Waals surface area contributed by atoms with Crippen LogP contribution in [0.15, 0.2) is 76.4 Å². The molecule has 0 saturated carbocycles. The molecule has 0 aliphatic heterocycles. The lowest BCUT2D eigenvalue weighted by molar-refractivity contribution is -0.385. The molecule has 0 saturated heterocycles. The van der Waals surface area contributed by atoms with Crippen LogP contribution in [0.5, 0.6) is 0 Å². The van der Waals surface area contributed by atoms with Gasteiger partial charge in [-0.3, -0.25) is 10.1 Å². The average molecular weight is 412 g/mol. The number of nitro benzene ring substituents is 1. The molecule has 0 radical (unpaired) electrons. The van der Waals surface area contributed by atoms with Crippen molar-refractivity contribution >= 4 is 27.2 Å². The monoisotopic (exact) mass is 411 g/mol. The number of hydrogen-bond donors (Lipinski definition) is 0. The van der Waals surface area contributed by atoms with Gasteiger partial charge in [0.2, 0.25) is 0 Å². The Balaban J connectivity index is 1.88. The first-order chi connectivity index (χ1) is 12.5. The van der Waals surface area contributed by atoms with E-state index in [1.54, 1.807) is 12.1 Å². The van der Waals surface area contributed by atoms with E-state index in [1.807, 2.05) is 13.0 Å². The molecule has 3 rings (SSSR count). The normalized spacial score (nSPS) is 19.9. The van der Waals surface area contributed by atoms with Gasteiger partial charge in [0.25, 0.3) is 5.69 Å². The maximum Gasteiger partial charge on any atom is 0.276 e. The summed E-state index contributed by atoms with van der Waals surface area (Å²) in [5.74, 6) is 0.283. The predicted octanol–water partition coefficient (Wildman–Crippen LogP) is 6.93. The standard InChI is InChI=1S/C22H22BrNO2/c1-16(21-15-20(23)11-12-22(21)24(25)26)13-18-9-5-6-10-19(18)14-17-7-3-2-4-8-17/h2-3,5-7,10-13,15,18H,4,8-9,14H2,1H3/b16-13+. The quantitative estimate of drug-likeness (QED) is 0.389.